The molecule has 39 heavy (non-hydrogen) atoms. The summed E-state index contributed by atoms with van der Waals surface area (Å²) in [5.74, 6) is 0. The summed E-state index contributed by atoms with van der Waals surface area (Å²) in [4.78, 5) is 8.00. The van der Waals surface area contributed by atoms with E-state index in [1.807, 2.05) is 12.9 Å². The van der Waals surface area contributed by atoms with Gasteiger partial charge in [-0.05, 0) is 41.0 Å². The van der Waals surface area contributed by atoms with Crippen LogP contribution in [0.15, 0.2) is 97.6 Å². The number of aromatic nitrogens is 2. The maximum atomic E-state index is 8.00. The Labute approximate surface area is 235 Å². The predicted molar refractivity (Wildman–Crippen MR) is 170 cm³/mol. The molecule has 0 aliphatic rings. The molecule has 0 radical (unpaired) electrons. The Bertz CT molecular complexity index is 1420. The second-order valence-electron chi connectivity index (χ2n) is 9.52. The van der Waals surface area contributed by atoms with Crippen LogP contribution in [-0.2, 0) is 11.3 Å². The van der Waals surface area contributed by atoms with E-state index in [1.54, 1.807) is 0 Å². The van der Waals surface area contributed by atoms with Gasteiger partial charge in [-0.2, -0.15) is 5.10 Å². The first-order valence-electron chi connectivity index (χ1n) is 14.0. The minimum atomic E-state index is 0.739. The Kier molecular flexibility index (Phi) is 13.4. The van der Waals surface area contributed by atoms with E-state index in [-0.39, 0.29) is 0 Å². The topological polar surface area (TPSA) is 34.9 Å². The lowest BCUT2D eigenvalue weighted by molar-refractivity contribution is -0.0979. The number of hydrogen-bond donors (Lipinski definition) is 0. The average Bonchev–Trinajstić information content (AvgIpc) is 3.35. The summed E-state index contributed by atoms with van der Waals surface area (Å²) in [6.45, 7) is 18.1. The Morgan fingerprint density at radius 3 is 1.95 bits per heavy atom. The van der Waals surface area contributed by atoms with Gasteiger partial charge in [0.25, 0.3) is 0 Å². The highest BCUT2D eigenvalue weighted by atomic mass is 16.1. The quantitative estimate of drug-likeness (QED) is 0.223. The van der Waals surface area contributed by atoms with Gasteiger partial charge in [-0.25, -0.2) is 0 Å². The number of rotatable bonds is 6. The van der Waals surface area contributed by atoms with Crippen molar-refractivity contribution in [1.82, 2.24) is 9.78 Å². The standard InChI is InChI=1S/C27H22N2.2C4H10.CH2O/c1-19-15-16-26-25(17-19)27(28-29(26)18-21-9-4-3-5-10-21)20(2)23-14-8-12-22-11-6-7-13-24(22)23;2*1-3-4-2;1-2/h3-17H,2,18H2,1H3;2*3-4H2,1-2H3;1H2. The fourth-order valence-electron chi connectivity index (χ4n) is 4.01. The average molecular weight is 521 g/mol. The maximum Gasteiger partial charge on any atom is 0.106 e. The molecule has 0 aliphatic carbocycles. The van der Waals surface area contributed by atoms with Gasteiger partial charge >= 0.3 is 0 Å². The van der Waals surface area contributed by atoms with E-state index in [4.69, 9.17) is 9.89 Å². The maximum absolute atomic E-state index is 8.00. The molecule has 0 amide bonds. The lowest BCUT2D eigenvalue weighted by atomic mass is 9.96. The summed E-state index contributed by atoms with van der Waals surface area (Å²) in [6.07, 6.45) is 5.28. The lowest BCUT2D eigenvalue weighted by Gasteiger charge is -2.08. The van der Waals surface area contributed by atoms with Crippen LogP contribution in [0.2, 0.25) is 0 Å². The van der Waals surface area contributed by atoms with Gasteiger partial charge in [0.2, 0.25) is 0 Å². The van der Waals surface area contributed by atoms with Crippen molar-refractivity contribution >= 4 is 34.0 Å². The first-order valence-corrected chi connectivity index (χ1v) is 14.0. The van der Waals surface area contributed by atoms with Crippen molar-refractivity contribution in [2.75, 3.05) is 0 Å². The van der Waals surface area contributed by atoms with Crippen molar-refractivity contribution in [3.63, 3.8) is 0 Å². The molecule has 1 aromatic heterocycles. The van der Waals surface area contributed by atoms with Crippen molar-refractivity contribution in [3.05, 3.63) is 120 Å². The summed E-state index contributed by atoms with van der Waals surface area (Å²) in [7, 11) is 0. The first-order chi connectivity index (χ1) is 19.0. The zero-order valence-electron chi connectivity index (χ0n) is 24.4. The van der Waals surface area contributed by atoms with E-state index < -0.39 is 0 Å². The molecule has 0 saturated heterocycles. The van der Waals surface area contributed by atoms with Crippen LogP contribution in [0.25, 0.3) is 27.2 Å². The van der Waals surface area contributed by atoms with Crippen LogP contribution in [0.4, 0.5) is 0 Å². The number of carbonyl (C=O) groups is 1. The van der Waals surface area contributed by atoms with Gasteiger partial charge in [0, 0.05) is 11.0 Å². The van der Waals surface area contributed by atoms with Crippen LogP contribution in [0.3, 0.4) is 0 Å². The molecule has 1 heterocycles. The van der Waals surface area contributed by atoms with Gasteiger partial charge in [-0.1, -0.05) is 144 Å². The molecule has 4 aromatic carbocycles. The highest BCUT2D eigenvalue weighted by Crippen LogP contribution is 2.33. The zero-order chi connectivity index (χ0) is 28.6. The molecule has 0 aliphatic heterocycles. The second kappa shape index (κ2) is 16.8. The van der Waals surface area contributed by atoms with Crippen LogP contribution in [0, 0.1) is 6.92 Å². The number of unbranched alkanes of at least 4 members (excludes halogenated alkanes) is 2. The van der Waals surface area contributed by atoms with Crippen molar-refractivity contribution in [2.45, 2.75) is 66.8 Å². The molecule has 5 aromatic rings. The summed E-state index contributed by atoms with van der Waals surface area (Å²) >= 11 is 0. The molecule has 0 unspecified atom stereocenters. The van der Waals surface area contributed by atoms with Gasteiger partial charge in [0.15, 0.2) is 0 Å². The van der Waals surface area contributed by atoms with Gasteiger partial charge in [-0.3, -0.25) is 4.68 Å². The highest BCUT2D eigenvalue weighted by Gasteiger charge is 2.16. The minimum absolute atomic E-state index is 0.739. The molecule has 3 nitrogen and oxygen atoms in total. The third-order valence-electron chi connectivity index (χ3n) is 6.48. The minimum Gasteiger partial charge on any atom is -0.307 e. The zero-order valence-corrected chi connectivity index (χ0v) is 24.4. The lowest BCUT2D eigenvalue weighted by Crippen LogP contribution is -2.02. The summed E-state index contributed by atoms with van der Waals surface area (Å²) in [5, 5.41) is 8.60. The smallest absolute Gasteiger partial charge is 0.106 e. The third-order valence-corrected chi connectivity index (χ3v) is 6.48. The molecule has 0 atom stereocenters. The number of fused-ring (bicyclic) bond motifs is 2. The Morgan fingerprint density at radius 1 is 0.718 bits per heavy atom. The van der Waals surface area contributed by atoms with Crippen LogP contribution in [0.1, 0.15) is 75.8 Å². The number of benzene rings is 4. The third kappa shape index (κ3) is 8.51. The van der Waals surface area contributed by atoms with Gasteiger partial charge < -0.3 is 4.79 Å². The molecule has 0 spiro atoms. The van der Waals surface area contributed by atoms with E-state index in [2.05, 4.69) is 131 Å². The number of hydrogen-bond acceptors (Lipinski definition) is 2. The van der Waals surface area contributed by atoms with E-state index in [0.29, 0.717) is 0 Å². The van der Waals surface area contributed by atoms with Crippen molar-refractivity contribution in [3.8, 4) is 0 Å². The SMILES string of the molecule is C=C(c1cccc2ccccc12)c1nn(Cc2ccccc2)c2ccc(C)cc12.C=O.CCCC.CCCC. The molecule has 3 heteroatoms. The first kappa shape index (κ1) is 31.2. The number of carbonyl (C=O) groups excluding carboxylic acids is 1. The molecule has 0 N–H and O–H groups in total. The van der Waals surface area contributed by atoms with Gasteiger partial charge in [0.1, 0.15) is 12.5 Å². The van der Waals surface area contributed by atoms with Crippen LogP contribution < -0.4 is 0 Å². The molecule has 0 bridgehead atoms. The van der Waals surface area contributed by atoms with Gasteiger partial charge in [0.05, 0.1) is 12.1 Å². The fourth-order valence-corrected chi connectivity index (χ4v) is 4.01. The molecule has 0 fully saturated rings. The summed E-state index contributed by atoms with van der Waals surface area (Å²) in [5.41, 5.74) is 6.65. The van der Waals surface area contributed by atoms with E-state index in [0.717, 1.165) is 34.3 Å². The fraction of sp³-hybridized carbons (Fsp3) is 0.278. The molecule has 5 rings (SSSR count). The second-order valence-corrected chi connectivity index (χ2v) is 9.52. The number of aryl methyl sites for hydroxylation is 1. The van der Waals surface area contributed by atoms with Crippen LogP contribution in [0.5, 0.6) is 0 Å². The Balaban J connectivity index is 0.000000466. The largest absolute Gasteiger partial charge is 0.307 e. The van der Waals surface area contributed by atoms with Crippen LogP contribution in [-0.4, -0.2) is 16.6 Å². The van der Waals surface area contributed by atoms with Crippen molar-refractivity contribution in [1.29, 1.82) is 0 Å². The van der Waals surface area contributed by atoms with E-state index >= 15 is 0 Å². The highest BCUT2D eigenvalue weighted by molar-refractivity contribution is 6.02. The molecular weight excluding hydrogens is 476 g/mol. The summed E-state index contributed by atoms with van der Waals surface area (Å²) in [6, 6.07) is 31.8. The van der Waals surface area contributed by atoms with Gasteiger partial charge in [-0.15, -0.1) is 0 Å². The predicted octanol–water partition coefficient (Wildman–Crippen LogP) is 10.0. The molecule has 204 valence electrons. The molecule has 0 saturated carbocycles. The van der Waals surface area contributed by atoms with E-state index in [1.165, 1.54) is 47.6 Å². The van der Waals surface area contributed by atoms with E-state index in [9.17, 15) is 0 Å². The Hall–Kier alpha value is -3.98. The number of nitrogens with zero attached hydrogens (tertiary/aromatic N) is 2. The van der Waals surface area contributed by atoms with Crippen molar-refractivity contribution < 1.29 is 4.79 Å². The summed E-state index contributed by atoms with van der Waals surface area (Å²) < 4.78 is 2.09. The monoisotopic (exact) mass is 520 g/mol. The normalized spacial score (nSPS) is 9.97. The molecular formula is C36H44N2O. The van der Waals surface area contributed by atoms with Crippen LogP contribution >= 0.6 is 0 Å². The van der Waals surface area contributed by atoms with Crippen molar-refractivity contribution in [2.24, 2.45) is 0 Å². The Morgan fingerprint density at radius 2 is 1.31 bits per heavy atom.